The van der Waals surface area contributed by atoms with Gasteiger partial charge in [-0.15, -0.1) is 0 Å². The van der Waals surface area contributed by atoms with Crippen LogP contribution in [0.5, 0.6) is 0 Å². The van der Waals surface area contributed by atoms with E-state index in [4.69, 9.17) is 0 Å². The van der Waals surface area contributed by atoms with Crippen molar-refractivity contribution in [2.24, 2.45) is 0 Å². The van der Waals surface area contributed by atoms with Gasteiger partial charge >= 0.3 is 6.18 Å². The number of pyridine rings is 1. The van der Waals surface area contributed by atoms with E-state index in [0.29, 0.717) is 18.4 Å². The van der Waals surface area contributed by atoms with E-state index in [2.05, 4.69) is 9.97 Å². The van der Waals surface area contributed by atoms with Gasteiger partial charge in [-0.2, -0.15) is 13.2 Å². The van der Waals surface area contributed by atoms with Gasteiger partial charge in [-0.3, -0.25) is 4.98 Å². The first-order chi connectivity index (χ1) is 11.6. The van der Waals surface area contributed by atoms with Crippen LogP contribution in [0.3, 0.4) is 0 Å². The van der Waals surface area contributed by atoms with Crippen molar-refractivity contribution in [3.05, 3.63) is 41.0 Å². The number of aromatic nitrogens is 3. The number of alkyl halides is 3. The minimum Gasteiger partial charge on any atom is -0.319 e. The number of imidazole rings is 1. The minimum atomic E-state index is -4.50. The van der Waals surface area contributed by atoms with Gasteiger partial charge in [-0.1, -0.05) is 13.3 Å². The molecule has 0 aliphatic carbocycles. The topological polar surface area (TPSA) is 64.8 Å². The average molecular weight is 375 g/mol. The smallest absolute Gasteiger partial charge is 0.319 e. The number of hydrogen-bond acceptors (Lipinski definition) is 4. The highest BCUT2D eigenvalue weighted by molar-refractivity contribution is 7.90. The fraction of sp³-hybridized carbons (Fsp3) is 0.500. The SMILES string of the molecule is CCCCn1c(S(=O)(=O)Cc2ccc(C(F)(F)F)cn2)nc(C)c1C. The van der Waals surface area contributed by atoms with Gasteiger partial charge in [0.2, 0.25) is 15.0 Å². The van der Waals surface area contributed by atoms with Crippen molar-refractivity contribution in [2.45, 2.75) is 57.2 Å². The van der Waals surface area contributed by atoms with Crippen molar-refractivity contribution < 1.29 is 21.6 Å². The summed E-state index contributed by atoms with van der Waals surface area (Å²) in [5.41, 5.74) is 0.528. The molecule has 0 bridgehead atoms. The normalized spacial score (nSPS) is 12.6. The number of halogens is 3. The highest BCUT2D eigenvalue weighted by Crippen LogP contribution is 2.28. The first-order valence-corrected chi connectivity index (χ1v) is 9.50. The molecular weight excluding hydrogens is 355 g/mol. The summed E-state index contributed by atoms with van der Waals surface area (Å²) in [7, 11) is -3.82. The summed E-state index contributed by atoms with van der Waals surface area (Å²) in [6.45, 7) is 6.05. The summed E-state index contributed by atoms with van der Waals surface area (Å²) in [4.78, 5) is 7.80. The van der Waals surface area contributed by atoms with Crippen LogP contribution >= 0.6 is 0 Å². The molecule has 0 N–H and O–H groups in total. The molecule has 5 nitrogen and oxygen atoms in total. The Kier molecular flexibility index (Phi) is 5.55. The van der Waals surface area contributed by atoms with Crippen LogP contribution in [0.2, 0.25) is 0 Å². The van der Waals surface area contributed by atoms with E-state index in [1.165, 1.54) is 0 Å². The second-order valence-electron chi connectivity index (χ2n) is 5.87. The Hall–Kier alpha value is -1.90. The van der Waals surface area contributed by atoms with E-state index in [-0.39, 0.29) is 10.9 Å². The highest BCUT2D eigenvalue weighted by Gasteiger charge is 2.31. The largest absolute Gasteiger partial charge is 0.417 e. The molecule has 0 aliphatic heterocycles. The lowest BCUT2D eigenvalue weighted by atomic mass is 10.2. The molecule has 2 aromatic heterocycles. The third kappa shape index (κ3) is 4.39. The van der Waals surface area contributed by atoms with Crippen molar-refractivity contribution in [1.29, 1.82) is 0 Å². The number of hydrogen-bond donors (Lipinski definition) is 0. The zero-order chi connectivity index (χ0) is 18.8. The fourth-order valence-electron chi connectivity index (χ4n) is 2.38. The molecular formula is C16H20F3N3O2S. The molecule has 0 spiro atoms. The Morgan fingerprint density at radius 1 is 1.20 bits per heavy atom. The van der Waals surface area contributed by atoms with E-state index in [9.17, 15) is 21.6 Å². The molecule has 2 heterocycles. The summed E-state index contributed by atoms with van der Waals surface area (Å²) in [6.07, 6.45) is -2.16. The molecule has 25 heavy (non-hydrogen) atoms. The van der Waals surface area contributed by atoms with Crippen LogP contribution in [0.1, 0.15) is 42.4 Å². The number of sulfone groups is 1. The first-order valence-electron chi connectivity index (χ1n) is 7.85. The Bertz CT molecular complexity index is 841. The summed E-state index contributed by atoms with van der Waals surface area (Å²) in [5.74, 6) is -0.493. The minimum absolute atomic E-state index is 0.0494. The Morgan fingerprint density at radius 2 is 1.88 bits per heavy atom. The monoisotopic (exact) mass is 375 g/mol. The molecule has 0 aliphatic rings. The number of rotatable bonds is 6. The zero-order valence-corrected chi connectivity index (χ0v) is 15.1. The Labute approximate surface area is 144 Å². The van der Waals surface area contributed by atoms with Crippen LogP contribution in [0.25, 0.3) is 0 Å². The van der Waals surface area contributed by atoms with E-state index in [1.807, 2.05) is 6.92 Å². The summed E-state index contributed by atoms with van der Waals surface area (Å²) in [6, 6.07) is 1.91. The third-order valence-corrected chi connectivity index (χ3v) is 5.47. The predicted molar refractivity (Wildman–Crippen MR) is 86.7 cm³/mol. The van der Waals surface area contributed by atoms with Crippen LogP contribution in [-0.2, 0) is 28.3 Å². The second-order valence-corrected chi connectivity index (χ2v) is 7.75. The van der Waals surface area contributed by atoms with E-state index < -0.39 is 27.3 Å². The van der Waals surface area contributed by atoms with Crippen molar-refractivity contribution >= 4 is 9.84 Å². The zero-order valence-electron chi connectivity index (χ0n) is 14.3. The molecule has 0 atom stereocenters. The molecule has 0 aromatic carbocycles. The third-order valence-electron chi connectivity index (χ3n) is 3.93. The Balaban J connectivity index is 2.32. The number of nitrogens with zero attached hydrogens (tertiary/aromatic N) is 3. The molecule has 0 saturated heterocycles. The van der Waals surface area contributed by atoms with Crippen LogP contribution in [0.15, 0.2) is 23.5 Å². The van der Waals surface area contributed by atoms with Crippen molar-refractivity contribution in [2.75, 3.05) is 0 Å². The lowest BCUT2D eigenvalue weighted by Crippen LogP contribution is -2.15. The number of aryl methyl sites for hydroxylation is 1. The summed E-state index contributed by atoms with van der Waals surface area (Å²) in [5, 5.41) is -0.0577. The van der Waals surface area contributed by atoms with E-state index in [0.717, 1.165) is 30.7 Å². The van der Waals surface area contributed by atoms with Crippen LogP contribution < -0.4 is 0 Å². The number of unbranched alkanes of at least 4 members (excludes halogenated alkanes) is 1. The van der Waals surface area contributed by atoms with E-state index in [1.54, 1.807) is 18.4 Å². The van der Waals surface area contributed by atoms with Crippen LogP contribution in [0, 0.1) is 13.8 Å². The van der Waals surface area contributed by atoms with Gasteiger partial charge in [0.15, 0.2) is 0 Å². The molecule has 138 valence electrons. The summed E-state index contributed by atoms with van der Waals surface area (Å²) < 4.78 is 64.7. The predicted octanol–water partition coefficient (Wildman–Crippen LogP) is 3.69. The second kappa shape index (κ2) is 7.15. The van der Waals surface area contributed by atoms with Gasteiger partial charge in [-0.05, 0) is 32.4 Å². The fourth-order valence-corrected chi connectivity index (χ4v) is 3.91. The molecule has 9 heteroatoms. The molecule has 0 unspecified atom stereocenters. The molecule has 2 aromatic rings. The van der Waals surface area contributed by atoms with Crippen molar-refractivity contribution in [3.63, 3.8) is 0 Å². The van der Waals surface area contributed by atoms with E-state index >= 15 is 0 Å². The molecule has 0 radical (unpaired) electrons. The molecule has 0 saturated carbocycles. The maximum Gasteiger partial charge on any atom is 0.417 e. The van der Waals surface area contributed by atoms with Crippen molar-refractivity contribution in [3.8, 4) is 0 Å². The molecule has 0 amide bonds. The van der Waals surface area contributed by atoms with Gasteiger partial charge in [0, 0.05) is 18.4 Å². The van der Waals surface area contributed by atoms with Gasteiger partial charge < -0.3 is 4.57 Å². The lowest BCUT2D eigenvalue weighted by Gasteiger charge is -2.10. The van der Waals surface area contributed by atoms with Gasteiger partial charge in [0.25, 0.3) is 0 Å². The standard InChI is InChI=1S/C16H20F3N3O2S/c1-4-5-8-22-12(3)11(2)21-15(22)25(23,24)10-14-7-6-13(9-20-14)16(17,18)19/h6-7,9H,4-5,8,10H2,1-3H3. The maximum absolute atomic E-state index is 12.7. The van der Waals surface area contributed by atoms with Crippen LogP contribution in [0.4, 0.5) is 13.2 Å². The van der Waals surface area contributed by atoms with Crippen LogP contribution in [-0.4, -0.2) is 23.0 Å². The Morgan fingerprint density at radius 3 is 2.40 bits per heavy atom. The average Bonchev–Trinajstić information content (AvgIpc) is 2.81. The lowest BCUT2D eigenvalue weighted by molar-refractivity contribution is -0.137. The maximum atomic E-state index is 12.7. The summed E-state index contributed by atoms with van der Waals surface area (Å²) >= 11 is 0. The highest BCUT2D eigenvalue weighted by atomic mass is 32.2. The molecule has 0 fully saturated rings. The first kappa shape index (κ1) is 19.4. The van der Waals surface area contributed by atoms with Gasteiger partial charge in [0.1, 0.15) is 5.75 Å². The van der Waals surface area contributed by atoms with Gasteiger partial charge in [-0.25, -0.2) is 13.4 Å². The quantitative estimate of drug-likeness (QED) is 0.772. The van der Waals surface area contributed by atoms with Gasteiger partial charge in [0.05, 0.1) is 17.0 Å². The van der Waals surface area contributed by atoms with Crippen molar-refractivity contribution in [1.82, 2.24) is 14.5 Å². The molecule has 2 rings (SSSR count).